The van der Waals surface area contributed by atoms with E-state index < -0.39 is 0 Å². The van der Waals surface area contributed by atoms with E-state index in [1.54, 1.807) is 12.4 Å². The van der Waals surface area contributed by atoms with Gasteiger partial charge < -0.3 is 13.9 Å². The molecule has 0 aliphatic carbocycles. The third-order valence-corrected chi connectivity index (χ3v) is 3.39. The van der Waals surface area contributed by atoms with E-state index in [-0.39, 0.29) is 12.4 Å². The van der Waals surface area contributed by atoms with Gasteiger partial charge in [-0.05, 0) is 23.3 Å². The number of carbonyl (C=O) groups is 1. The Balaban J connectivity index is 1.61. The standard InChI is InChI=1S/C18H16N2O4/c1-22-18(21)8-13-3-2-4-14(7-13)11-23-15-5-6-16(20-9-15)17-10-19-12-24-17/h2-7,9-10,12H,8,11H2,1H3. The van der Waals surface area contributed by atoms with Gasteiger partial charge in [-0.3, -0.25) is 4.79 Å². The van der Waals surface area contributed by atoms with Crippen molar-refractivity contribution in [1.82, 2.24) is 9.97 Å². The molecule has 24 heavy (non-hydrogen) atoms. The molecule has 0 atom stereocenters. The molecule has 0 radical (unpaired) electrons. The molecule has 1 aromatic carbocycles. The lowest BCUT2D eigenvalue weighted by molar-refractivity contribution is -0.139. The number of carbonyl (C=O) groups excluding carboxylic acids is 1. The van der Waals surface area contributed by atoms with Gasteiger partial charge in [-0.25, -0.2) is 9.97 Å². The van der Waals surface area contributed by atoms with Crippen LogP contribution in [0.5, 0.6) is 5.75 Å². The van der Waals surface area contributed by atoms with Crippen molar-refractivity contribution >= 4 is 5.97 Å². The minimum atomic E-state index is -0.264. The third kappa shape index (κ3) is 3.98. The molecule has 2 heterocycles. The SMILES string of the molecule is COC(=O)Cc1cccc(COc2ccc(-c3cnco3)nc2)c1. The van der Waals surface area contributed by atoms with Crippen molar-refractivity contribution in [2.75, 3.05) is 7.11 Å². The van der Waals surface area contributed by atoms with E-state index in [0.29, 0.717) is 23.8 Å². The van der Waals surface area contributed by atoms with E-state index in [1.165, 1.54) is 13.5 Å². The molecule has 0 unspecified atom stereocenters. The van der Waals surface area contributed by atoms with Crippen molar-refractivity contribution in [2.45, 2.75) is 13.0 Å². The van der Waals surface area contributed by atoms with Crippen molar-refractivity contribution in [3.8, 4) is 17.2 Å². The molecule has 0 aliphatic heterocycles. The highest BCUT2D eigenvalue weighted by Gasteiger charge is 2.05. The molecule has 0 amide bonds. The zero-order valence-corrected chi connectivity index (χ0v) is 13.1. The molecule has 3 aromatic rings. The smallest absolute Gasteiger partial charge is 0.309 e. The summed E-state index contributed by atoms with van der Waals surface area (Å²) in [7, 11) is 1.38. The summed E-state index contributed by atoms with van der Waals surface area (Å²) >= 11 is 0. The quantitative estimate of drug-likeness (QED) is 0.649. The lowest BCUT2D eigenvalue weighted by atomic mass is 10.1. The molecule has 0 bridgehead atoms. The summed E-state index contributed by atoms with van der Waals surface area (Å²) in [5, 5.41) is 0. The first-order valence-electron chi connectivity index (χ1n) is 7.37. The van der Waals surface area contributed by atoms with E-state index in [9.17, 15) is 4.79 Å². The van der Waals surface area contributed by atoms with Crippen LogP contribution in [0, 0.1) is 0 Å². The van der Waals surface area contributed by atoms with Gasteiger partial charge in [-0.1, -0.05) is 24.3 Å². The number of hydrogen-bond acceptors (Lipinski definition) is 6. The van der Waals surface area contributed by atoms with E-state index in [4.69, 9.17) is 9.15 Å². The van der Waals surface area contributed by atoms with Gasteiger partial charge in [-0.15, -0.1) is 0 Å². The first kappa shape index (κ1) is 15.7. The summed E-state index contributed by atoms with van der Waals surface area (Å²) in [4.78, 5) is 19.5. The average molecular weight is 324 g/mol. The van der Waals surface area contributed by atoms with Gasteiger partial charge in [0.15, 0.2) is 12.2 Å². The minimum absolute atomic E-state index is 0.248. The fourth-order valence-electron chi connectivity index (χ4n) is 2.19. The number of ether oxygens (including phenoxy) is 2. The number of esters is 1. The van der Waals surface area contributed by atoms with Gasteiger partial charge in [0.25, 0.3) is 0 Å². The molecule has 6 heteroatoms. The van der Waals surface area contributed by atoms with E-state index >= 15 is 0 Å². The van der Waals surface area contributed by atoms with Gasteiger partial charge in [0.05, 0.1) is 25.9 Å². The van der Waals surface area contributed by atoms with Crippen LogP contribution in [0.15, 0.2) is 59.6 Å². The molecule has 6 nitrogen and oxygen atoms in total. The van der Waals surface area contributed by atoms with E-state index in [2.05, 4.69) is 14.7 Å². The molecular weight excluding hydrogens is 308 g/mol. The molecule has 0 spiro atoms. The molecule has 0 saturated heterocycles. The van der Waals surface area contributed by atoms with Gasteiger partial charge in [-0.2, -0.15) is 0 Å². The van der Waals surface area contributed by atoms with Gasteiger partial charge in [0.1, 0.15) is 18.1 Å². The Hall–Kier alpha value is -3.15. The second kappa shape index (κ2) is 7.41. The Morgan fingerprint density at radius 3 is 2.75 bits per heavy atom. The summed E-state index contributed by atoms with van der Waals surface area (Å²) in [6, 6.07) is 11.3. The van der Waals surface area contributed by atoms with Crippen molar-refractivity contribution in [3.63, 3.8) is 0 Å². The van der Waals surface area contributed by atoms with Gasteiger partial charge >= 0.3 is 5.97 Å². The highest BCUT2D eigenvalue weighted by atomic mass is 16.5. The highest BCUT2D eigenvalue weighted by Crippen LogP contribution is 2.19. The maximum atomic E-state index is 11.3. The summed E-state index contributed by atoms with van der Waals surface area (Å²) in [6.45, 7) is 0.387. The van der Waals surface area contributed by atoms with Crippen LogP contribution in [0.1, 0.15) is 11.1 Å². The Labute approximate surface area is 139 Å². The fraction of sp³-hybridized carbons (Fsp3) is 0.167. The molecule has 2 aromatic heterocycles. The van der Waals surface area contributed by atoms with Crippen LogP contribution >= 0.6 is 0 Å². The van der Waals surface area contributed by atoms with Gasteiger partial charge in [0.2, 0.25) is 0 Å². The second-order valence-electron chi connectivity index (χ2n) is 5.11. The molecule has 0 saturated carbocycles. The van der Waals surface area contributed by atoms with Crippen molar-refractivity contribution < 1.29 is 18.7 Å². The molecule has 0 aliphatic rings. The van der Waals surface area contributed by atoms with Crippen LogP contribution in [0.2, 0.25) is 0 Å². The number of aromatic nitrogens is 2. The van der Waals surface area contributed by atoms with Crippen molar-refractivity contribution in [2.24, 2.45) is 0 Å². The highest BCUT2D eigenvalue weighted by molar-refractivity contribution is 5.72. The first-order valence-corrected chi connectivity index (χ1v) is 7.37. The predicted octanol–water partition coefficient (Wildman–Crippen LogP) is 3.03. The Bertz CT molecular complexity index is 798. The lowest BCUT2D eigenvalue weighted by Crippen LogP contribution is -2.05. The average Bonchev–Trinajstić information content (AvgIpc) is 3.15. The summed E-state index contributed by atoms with van der Waals surface area (Å²) in [5.74, 6) is 0.994. The lowest BCUT2D eigenvalue weighted by Gasteiger charge is -2.08. The number of pyridine rings is 1. The normalized spacial score (nSPS) is 10.4. The van der Waals surface area contributed by atoms with Crippen LogP contribution in [0.25, 0.3) is 11.5 Å². The number of benzene rings is 1. The maximum absolute atomic E-state index is 11.3. The van der Waals surface area contributed by atoms with E-state index in [0.717, 1.165) is 11.1 Å². The topological polar surface area (TPSA) is 74.5 Å². The molecule has 0 N–H and O–H groups in total. The molecular formula is C18H16N2O4. The first-order chi connectivity index (χ1) is 11.7. The Morgan fingerprint density at radius 2 is 2.04 bits per heavy atom. The number of oxazole rings is 1. The molecule has 0 fully saturated rings. The number of rotatable bonds is 6. The second-order valence-corrected chi connectivity index (χ2v) is 5.11. The molecule has 122 valence electrons. The Morgan fingerprint density at radius 1 is 1.17 bits per heavy atom. The summed E-state index contributed by atoms with van der Waals surface area (Å²) < 4.78 is 15.6. The Kier molecular flexibility index (Phi) is 4.86. The van der Waals surface area contributed by atoms with Crippen LogP contribution in [0.4, 0.5) is 0 Å². The summed E-state index contributed by atoms with van der Waals surface area (Å²) in [5.41, 5.74) is 2.55. The number of nitrogens with zero attached hydrogens (tertiary/aromatic N) is 2. The van der Waals surface area contributed by atoms with Crippen molar-refractivity contribution in [3.05, 3.63) is 66.3 Å². The molecule has 3 rings (SSSR count). The van der Waals surface area contributed by atoms with Crippen LogP contribution in [0.3, 0.4) is 0 Å². The zero-order valence-electron chi connectivity index (χ0n) is 13.1. The van der Waals surface area contributed by atoms with Crippen LogP contribution < -0.4 is 4.74 Å². The maximum Gasteiger partial charge on any atom is 0.309 e. The zero-order chi connectivity index (χ0) is 16.8. The van der Waals surface area contributed by atoms with E-state index in [1.807, 2.05) is 36.4 Å². The fourth-order valence-corrected chi connectivity index (χ4v) is 2.19. The van der Waals surface area contributed by atoms with Gasteiger partial charge in [0, 0.05) is 0 Å². The number of hydrogen-bond donors (Lipinski definition) is 0. The largest absolute Gasteiger partial charge is 0.487 e. The summed E-state index contributed by atoms with van der Waals surface area (Å²) in [6.07, 6.45) is 4.85. The van der Waals surface area contributed by atoms with Crippen LogP contribution in [-0.4, -0.2) is 23.0 Å². The van der Waals surface area contributed by atoms with Crippen LogP contribution in [-0.2, 0) is 22.6 Å². The van der Waals surface area contributed by atoms with Crippen molar-refractivity contribution in [1.29, 1.82) is 0 Å². The number of methoxy groups -OCH3 is 1. The monoisotopic (exact) mass is 324 g/mol. The predicted molar refractivity (Wildman–Crippen MR) is 86.2 cm³/mol. The third-order valence-electron chi connectivity index (χ3n) is 3.39. The minimum Gasteiger partial charge on any atom is -0.487 e.